The average molecular weight is 339 g/mol. The summed E-state index contributed by atoms with van der Waals surface area (Å²) in [5, 5.41) is 9.42. The van der Waals surface area contributed by atoms with Crippen LogP contribution in [0, 0.1) is 0 Å². The highest BCUT2D eigenvalue weighted by Crippen LogP contribution is 2.24. The third-order valence-corrected chi connectivity index (χ3v) is 5.07. The van der Waals surface area contributed by atoms with Gasteiger partial charge in [0.2, 0.25) is 0 Å². The second-order valence-corrected chi connectivity index (χ2v) is 7.39. The van der Waals surface area contributed by atoms with Gasteiger partial charge in [-0.05, 0) is 56.0 Å². The summed E-state index contributed by atoms with van der Waals surface area (Å²) in [5.41, 5.74) is 2.43. The Bertz CT molecular complexity index is 669. The van der Waals surface area contributed by atoms with Crippen molar-refractivity contribution in [1.29, 1.82) is 0 Å². The second kappa shape index (κ2) is 8.43. The van der Waals surface area contributed by atoms with Crippen LogP contribution in [0.2, 0.25) is 0 Å². The highest BCUT2D eigenvalue weighted by Gasteiger charge is 2.22. The maximum atomic E-state index is 9.42. The van der Waals surface area contributed by atoms with Crippen LogP contribution in [-0.2, 0) is 13.0 Å². The molecule has 134 valence electrons. The number of piperidine rings is 1. The third-order valence-electron chi connectivity index (χ3n) is 5.07. The van der Waals surface area contributed by atoms with Crippen LogP contribution in [0.15, 0.2) is 36.5 Å². The number of phenols is 1. The van der Waals surface area contributed by atoms with Crippen molar-refractivity contribution in [2.45, 2.75) is 64.5 Å². The molecule has 1 fully saturated rings. The first-order valence-corrected chi connectivity index (χ1v) is 9.45. The van der Waals surface area contributed by atoms with E-state index in [-0.39, 0.29) is 0 Å². The molecule has 2 aromatic rings. The van der Waals surface area contributed by atoms with E-state index in [0.29, 0.717) is 17.7 Å². The first kappa shape index (κ1) is 17.9. The van der Waals surface area contributed by atoms with Crippen LogP contribution in [-0.4, -0.2) is 32.6 Å². The summed E-state index contributed by atoms with van der Waals surface area (Å²) in [7, 11) is 0. The van der Waals surface area contributed by atoms with Crippen LogP contribution >= 0.6 is 0 Å². The molecule has 2 heterocycles. The van der Waals surface area contributed by atoms with Crippen molar-refractivity contribution in [3.8, 4) is 5.75 Å². The minimum atomic E-state index is 0.341. The summed E-state index contributed by atoms with van der Waals surface area (Å²) in [6.07, 6.45) is 7.97. The molecule has 1 aromatic carbocycles. The number of aromatic hydroxyl groups is 1. The van der Waals surface area contributed by atoms with Crippen LogP contribution < -0.4 is 0 Å². The topological polar surface area (TPSA) is 49.2 Å². The Morgan fingerprint density at radius 1 is 1.16 bits per heavy atom. The maximum absolute atomic E-state index is 9.42. The molecular weight excluding hydrogens is 310 g/mol. The zero-order valence-electron chi connectivity index (χ0n) is 15.4. The highest BCUT2D eigenvalue weighted by atomic mass is 16.3. The predicted molar refractivity (Wildman–Crippen MR) is 101 cm³/mol. The van der Waals surface area contributed by atoms with Crippen LogP contribution in [0.1, 0.15) is 62.5 Å². The lowest BCUT2D eigenvalue weighted by molar-refractivity contribution is 0.130. The molecule has 1 N–H and O–H groups in total. The van der Waals surface area contributed by atoms with Gasteiger partial charge >= 0.3 is 0 Å². The van der Waals surface area contributed by atoms with Crippen LogP contribution in [0.4, 0.5) is 0 Å². The summed E-state index contributed by atoms with van der Waals surface area (Å²) < 4.78 is 0. The van der Waals surface area contributed by atoms with Crippen LogP contribution in [0.25, 0.3) is 0 Å². The molecule has 0 amide bonds. The molecule has 1 atom stereocenters. The van der Waals surface area contributed by atoms with Gasteiger partial charge in [0.25, 0.3) is 0 Å². The van der Waals surface area contributed by atoms with Gasteiger partial charge in [0.15, 0.2) is 0 Å². The lowest BCUT2D eigenvalue weighted by Crippen LogP contribution is -2.39. The van der Waals surface area contributed by atoms with E-state index in [0.717, 1.165) is 37.4 Å². The fourth-order valence-corrected chi connectivity index (χ4v) is 3.58. The number of aryl methyl sites for hydroxylation is 1. The van der Waals surface area contributed by atoms with Gasteiger partial charge in [-0.15, -0.1) is 0 Å². The molecule has 0 spiro atoms. The monoisotopic (exact) mass is 339 g/mol. The Morgan fingerprint density at radius 2 is 1.96 bits per heavy atom. The number of aromatic nitrogens is 2. The molecule has 0 radical (unpaired) electrons. The Labute approximate surface area is 150 Å². The first-order chi connectivity index (χ1) is 12.1. The molecule has 4 nitrogen and oxygen atoms in total. The van der Waals surface area contributed by atoms with E-state index in [9.17, 15) is 5.11 Å². The van der Waals surface area contributed by atoms with E-state index in [1.165, 1.54) is 24.8 Å². The van der Waals surface area contributed by atoms with E-state index in [1.54, 1.807) is 12.1 Å². The van der Waals surface area contributed by atoms with Crippen molar-refractivity contribution < 1.29 is 5.11 Å². The Morgan fingerprint density at radius 3 is 2.72 bits per heavy atom. The van der Waals surface area contributed by atoms with E-state index >= 15 is 0 Å². The molecule has 0 unspecified atom stereocenters. The number of phenolic OH excluding ortho intramolecular Hbond substituents is 1. The third kappa shape index (κ3) is 5.02. The van der Waals surface area contributed by atoms with Gasteiger partial charge < -0.3 is 5.11 Å². The van der Waals surface area contributed by atoms with Crippen molar-refractivity contribution in [1.82, 2.24) is 14.9 Å². The predicted octanol–water partition coefficient (Wildman–Crippen LogP) is 4.29. The molecule has 1 aliphatic heterocycles. The first-order valence-electron chi connectivity index (χ1n) is 9.45. The van der Waals surface area contributed by atoms with Gasteiger partial charge in [0.1, 0.15) is 11.6 Å². The molecule has 3 rings (SSSR count). The van der Waals surface area contributed by atoms with Gasteiger partial charge in [-0.25, -0.2) is 9.97 Å². The fraction of sp³-hybridized carbons (Fsp3) is 0.524. The lowest BCUT2D eigenvalue weighted by atomic mass is 9.95. The molecule has 1 aliphatic rings. The lowest BCUT2D eigenvalue weighted by Gasteiger charge is -2.35. The number of likely N-dealkylation sites (tertiary alicyclic amines) is 1. The normalized spacial score (nSPS) is 18.6. The number of benzene rings is 1. The SMILES string of the molecule is CC(C)c1nccc(CN2CCCC[C@@H]2CCc2ccc(O)cc2)n1. The number of rotatable bonds is 6. The Hall–Kier alpha value is -1.94. The summed E-state index contributed by atoms with van der Waals surface area (Å²) in [4.78, 5) is 11.7. The van der Waals surface area contributed by atoms with E-state index in [1.807, 2.05) is 18.3 Å². The van der Waals surface area contributed by atoms with Gasteiger partial charge in [-0.1, -0.05) is 32.4 Å². The van der Waals surface area contributed by atoms with Crippen molar-refractivity contribution in [2.24, 2.45) is 0 Å². The zero-order chi connectivity index (χ0) is 17.6. The van der Waals surface area contributed by atoms with Gasteiger partial charge in [0, 0.05) is 24.7 Å². The molecule has 1 saturated heterocycles. The minimum Gasteiger partial charge on any atom is -0.508 e. The molecule has 0 aliphatic carbocycles. The second-order valence-electron chi connectivity index (χ2n) is 7.39. The fourth-order valence-electron chi connectivity index (χ4n) is 3.58. The molecule has 25 heavy (non-hydrogen) atoms. The minimum absolute atomic E-state index is 0.341. The summed E-state index contributed by atoms with van der Waals surface area (Å²) in [6.45, 7) is 6.35. The largest absolute Gasteiger partial charge is 0.508 e. The van der Waals surface area contributed by atoms with E-state index < -0.39 is 0 Å². The smallest absolute Gasteiger partial charge is 0.131 e. The Balaban J connectivity index is 1.62. The number of hydrogen-bond donors (Lipinski definition) is 1. The van der Waals surface area contributed by atoms with Crippen molar-refractivity contribution in [3.05, 3.63) is 53.6 Å². The molecule has 0 saturated carbocycles. The van der Waals surface area contributed by atoms with E-state index in [4.69, 9.17) is 4.98 Å². The quantitative estimate of drug-likeness (QED) is 0.853. The standard InChI is InChI=1S/C21H29N3O/c1-16(2)21-22-13-12-18(23-21)15-24-14-4-3-5-19(24)9-6-17-7-10-20(25)11-8-17/h7-8,10-13,16,19,25H,3-6,9,14-15H2,1-2H3/t19-/m1/s1. The van der Waals surface area contributed by atoms with Crippen molar-refractivity contribution >= 4 is 0 Å². The average Bonchev–Trinajstić information content (AvgIpc) is 2.62. The van der Waals surface area contributed by atoms with Crippen LogP contribution in [0.3, 0.4) is 0 Å². The van der Waals surface area contributed by atoms with Crippen molar-refractivity contribution in [3.63, 3.8) is 0 Å². The van der Waals surface area contributed by atoms with Gasteiger partial charge in [-0.3, -0.25) is 4.90 Å². The zero-order valence-corrected chi connectivity index (χ0v) is 15.4. The number of nitrogens with zero attached hydrogens (tertiary/aromatic N) is 3. The molecule has 0 bridgehead atoms. The highest BCUT2D eigenvalue weighted by molar-refractivity contribution is 5.26. The maximum Gasteiger partial charge on any atom is 0.131 e. The number of hydrogen-bond acceptors (Lipinski definition) is 4. The van der Waals surface area contributed by atoms with Crippen LogP contribution in [0.5, 0.6) is 5.75 Å². The Kier molecular flexibility index (Phi) is 6.03. The van der Waals surface area contributed by atoms with Gasteiger partial charge in [-0.2, -0.15) is 0 Å². The molecule has 4 heteroatoms. The summed E-state index contributed by atoms with van der Waals surface area (Å²) >= 11 is 0. The summed E-state index contributed by atoms with van der Waals surface area (Å²) in [5.74, 6) is 1.65. The van der Waals surface area contributed by atoms with Crippen molar-refractivity contribution in [2.75, 3.05) is 6.54 Å². The summed E-state index contributed by atoms with van der Waals surface area (Å²) in [6, 6.07) is 10.3. The van der Waals surface area contributed by atoms with E-state index in [2.05, 4.69) is 29.8 Å². The molecule has 1 aromatic heterocycles. The molecular formula is C21H29N3O. The van der Waals surface area contributed by atoms with Gasteiger partial charge in [0.05, 0.1) is 5.69 Å².